The van der Waals surface area contributed by atoms with E-state index in [1.165, 1.54) is 0 Å². The molecule has 10 heteroatoms. The van der Waals surface area contributed by atoms with E-state index >= 15 is 0 Å². The van der Waals surface area contributed by atoms with Crippen LogP contribution in [0.4, 0.5) is 0 Å². The van der Waals surface area contributed by atoms with Crippen molar-refractivity contribution in [3.8, 4) is 0 Å². The van der Waals surface area contributed by atoms with E-state index in [-0.39, 0.29) is 6.04 Å². The van der Waals surface area contributed by atoms with Gasteiger partial charge in [0.1, 0.15) is 0 Å². The monoisotopic (exact) mass is 371 g/mol. The lowest BCUT2D eigenvalue weighted by Gasteiger charge is -2.24. The molecule has 0 bridgehead atoms. The van der Waals surface area contributed by atoms with Crippen molar-refractivity contribution in [3.05, 3.63) is 0 Å². The Hall–Kier alpha value is -0.143. The lowest BCUT2D eigenvalue weighted by Crippen LogP contribution is -2.50. The SMILES string of the molecule is CO[Si](CCCCC(N)CCN)(OC)OC.NC(CO)(CO)CO. The van der Waals surface area contributed by atoms with E-state index in [2.05, 4.69) is 0 Å². The molecule has 0 fully saturated rings. The summed E-state index contributed by atoms with van der Waals surface area (Å²) in [5, 5.41) is 25.0. The second-order valence-corrected chi connectivity index (χ2v) is 8.81. The molecule has 0 heterocycles. The third-order valence-electron chi connectivity index (χ3n) is 3.72. The van der Waals surface area contributed by atoms with Gasteiger partial charge in [-0.05, 0) is 25.8 Å². The zero-order valence-corrected chi connectivity index (χ0v) is 16.2. The van der Waals surface area contributed by atoms with Crippen LogP contribution in [0.1, 0.15) is 25.7 Å². The predicted molar refractivity (Wildman–Crippen MR) is 95.3 cm³/mol. The molecule has 0 spiro atoms. The van der Waals surface area contributed by atoms with E-state index in [1.54, 1.807) is 21.3 Å². The van der Waals surface area contributed by atoms with E-state index in [4.69, 9.17) is 45.8 Å². The summed E-state index contributed by atoms with van der Waals surface area (Å²) in [7, 11) is 2.54. The highest BCUT2D eigenvalue weighted by Gasteiger charge is 2.36. The van der Waals surface area contributed by atoms with Crippen LogP contribution in [0.15, 0.2) is 0 Å². The molecule has 0 aliphatic heterocycles. The molecular weight excluding hydrogens is 334 g/mol. The van der Waals surface area contributed by atoms with Crippen LogP contribution in [-0.2, 0) is 13.3 Å². The Bertz CT molecular complexity index is 265. The van der Waals surface area contributed by atoms with Gasteiger partial charge < -0.3 is 45.8 Å². The minimum absolute atomic E-state index is 0.216. The van der Waals surface area contributed by atoms with Crippen molar-refractivity contribution in [2.75, 3.05) is 47.7 Å². The number of aliphatic hydroxyl groups is 3. The summed E-state index contributed by atoms with van der Waals surface area (Å²) in [6.45, 7) is -0.548. The van der Waals surface area contributed by atoms with Crippen molar-refractivity contribution < 1.29 is 28.6 Å². The molecule has 0 aliphatic rings. The predicted octanol–water partition coefficient (Wildman–Crippen LogP) is -1.63. The fourth-order valence-electron chi connectivity index (χ4n) is 1.81. The average molecular weight is 372 g/mol. The Labute approximate surface area is 146 Å². The first-order chi connectivity index (χ1) is 11.3. The van der Waals surface area contributed by atoms with Crippen molar-refractivity contribution in [2.45, 2.75) is 43.3 Å². The molecule has 0 aromatic rings. The van der Waals surface area contributed by atoms with Crippen LogP contribution >= 0.6 is 0 Å². The first kappa shape index (κ1) is 26.1. The van der Waals surface area contributed by atoms with Crippen molar-refractivity contribution >= 4 is 8.80 Å². The third kappa shape index (κ3) is 11.4. The molecule has 0 rings (SSSR count). The summed E-state index contributed by atoms with van der Waals surface area (Å²) in [6, 6.07) is 1.06. The zero-order chi connectivity index (χ0) is 19.1. The van der Waals surface area contributed by atoms with Crippen molar-refractivity contribution in [1.82, 2.24) is 0 Å². The highest BCUT2D eigenvalue weighted by molar-refractivity contribution is 6.60. The van der Waals surface area contributed by atoms with Gasteiger partial charge in [-0.1, -0.05) is 6.42 Å². The third-order valence-corrected chi connectivity index (χ3v) is 6.55. The minimum atomic E-state index is -2.37. The Kier molecular flexibility index (Phi) is 16.5. The van der Waals surface area contributed by atoms with Crippen LogP contribution in [0.25, 0.3) is 0 Å². The van der Waals surface area contributed by atoms with E-state index in [9.17, 15) is 0 Å². The summed E-state index contributed by atoms with van der Waals surface area (Å²) in [4.78, 5) is 0. The standard InChI is InChI=1S/C10H26N2O3Si.C4H11NO3/c1-13-16(14-2,15-3)9-5-4-6-10(12)7-8-11;5-4(1-6,2-7)3-8/h10H,4-9,11-12H2,1-3H3;6-8H,1-3,5H2. The minimum Gasteiger partial charge on any atom is -0.394 e. The molecule has 1 atom stereocenters. The van der Waals surface area contributed by atoms with Crippen LogP contribution in [0.3, 0.4) is 0 Å². The molecule has 148 valence electrons. The zero-order valence-electron chi connectivity index (χ0n) is 15.2. The molecule has 0 aliphatic carbocycles. The first-order valence-electron chi connectivity index (χ1n) is 8.05. The van der Waals surface area contributed by atoms with Gasteiger partial charge in [0.15, 0.2) is 0 Å². The van der Waals surface area contributed by atoms with Crippen molar-refractivity contribution in [2.24, 2.45) is 17.2 Å². The van der Waals surface area contributed by atoms with Gasteiger partial charge >= 0.3 is 8.80 Å². The largest absolute Gasteiger partial charge is 0.500 e. The van der Waals surface area contributed by atoms with Gasteiger partial charge in [-0.25, -0.2) is 0 Å². The van der Waals surface area contributed by atoms with Crippen LogP contribution in [-0.4, -0.2) is 83.4 Å². The van der Waals surface area contributed by atoms with Crippen molar-refractivity contribution in [3.63, 3.8) is 0 Å². The summed E-state index contributed by atoms with van der Waals surface area (Å²) in [5.74, 6) is 0. The fraction of sp³-hybridized carbons (Fsp3) is 1.00. The second kappa shape index (κ2) is 15.1. The first-order valence-corrected chi connectivity index (χ1v) is 9.98. The molecule has 9 nitrogen and oxygen atoms in total. The number of rotatable bonds is 13. The number of unbranched alkanes of at least 4 members (excludes halogenated alkanes) is 1. The molecule has 0 saturated carbocycles. The average Bonchev–Trinajstić information content (AvgIpc) is 2.62. The molecule has 0 amide bonds. The molecule has 0 aromatic heterocycles. The number of hydrogen-bond donors (Lipinski definition) is 6. The highest BCUT2D eigenvalue weighted by atomic mass is 28.4. The molecular formula is C14H37N3O6Si. The molecule has 1 unspecified atom stereocenters. The van der Waals surface area contributed by atoms with E-state index in [1.807, 2.05) is 0 Å². The number of hydrogen-bond acceptors (Lipinski definition) is 9. The lowest BCUT2D eigenvalue weighted by molar-refractivity contribution is 0.0697. The molecule has 0 aromatic carbocycles. The van der Waals surface area contributed by atoms with Crippen LogP contribution in [0.5, 0.6) is 0 Å². The van der Waals surface area contributed by atoms with Gasteiger partial charge in [0, 0.05) is 33.4 Å². The smallest absolute Gasteiger partial charge is 0.394 e. The molecule has 0 radical (unpaired) electrons. The Morgan fingerprint density at radius 2 is 1.38 bits per heavy atom. The van der Waals surface area contributed by atoms with E-state index in [0.29, 0.717) is 6.54 Å². The Morgan fingerprint density at radius 3 is 1.67 bits per heavy atom. The van der Waals surface area contributed by atoms with Crippen molar-refractivity contribution in [1.29, 1.82) is 0 Å². The summed E-state index contributed by atoms with van der Waals surface area (Å²) < 4.78 is 16.0. The van der Waals surface area contributed by atoms with Gasteiger partial charge in [0.25, 0.3) is 0 Å². The van der Waals surface area contributed by atoms with Gasteiger partial charge in [0.2, 0.25) is 0 Å². The summed E-state index contributed by atoms with van der Waals surface area (Å²) >= 11 is 0. The molecule has 0 saturated heterocycles. The maximum Gasteiger partial charge on any atom is 0.500 e. The summed E-state index contributed by atoms with van der Waals surface area (Å²) in [5.41, 5.74) is 15.2. The maximum atomic E-state index is 8.34. The van der Waals surface area contributed by atoms with Gasteiger partial charge in [0.05, 0.1) is 25.4 Å². The van der Waals surface area contributed by atoms with Crippen LogP contribution in [0.2, 0.25) is 6.04 Å². The second-order valence-electron chi connectivity index (χ2n) is 5.72. The Morgan fingerprint density at radius 1 is 0.917 bits per heavy atom. The van der Waals surface area contributed by atoms with Crippen LogP contribution < -0.4 is 17.2 Å². The topological polar surface area (TPSA) is 166 Å². The van der Waals surface area contributed by atoms with E-state index < -0.39 is 34.2 Å². The quantitative estimate of drug-likeness (QED) is 0.164. The molecule has 24 heavy (non-hydrogen) atoms. The Balaban J connectivity index is 0. The van der Waals surface area contributed by atoms with Gasteiger partial charge in [-0.2, -0.15) is 0 Å². The molecule has 9 N–H and O–H groups in total. The summed E-state index contributed by atoms with van der Waals surface area (Å²) in [6.07, 6.45) is 3.96. The van der Waals surface area contributed by atoms with Gasteiger partial charge in [-0.15, -0.1) is 0 Å². The maximum absolute atomic E-state index is 8.34. The number of aliphatic hydroxyl groups excluding tert-OH is 3. The normalized spacial score (nSPS) is 13.4. The number of nitrogens with two attached hydrogens (primary N) is 3. The fourth-order valence-corrected chi connectivity index (χ4v) is 3.61. The van der Waals surface area contributed by atoms with E-state index in [0.717, 1.165) is 31.7 Å². The van der Waals surface area contributed by atoms with Gasteiger partial charge in [-0.3, -0.25) is 0 Å². The highest BCUT2D eigenvalue weighted by Crippen LogP contribution is 2.17. The van der Waals surface area contributed by atoms with Crippen LogP contribution in [0, 0.1) is 0 Å². The lowest BCUT2D eigenvalue weighted by atomic mass is 10.1.